The van der Waals surface area contributed by atoms with Crippen molar-refractivity contribution < 1.29 is 0 Å². The summed E-state index contributed by atoms with van der Waals surface area (Å²) in [5.74, 6) is 0.748. The molecule has 106 valence electrons. The van der Waals surface area contributed by atoms with Crippen LogP contribution in [-0.2, 0) is 6.42 Å². The third-order valence-electron chi connectivity index (χ3n) is 4.33. The Balaban J connectivity index is 1.97. The van der Waals surface area contributed by atoms with Crippen molar-refractivity contribution in [2.75, 3.05) is 13.1 Å². The Kier molecular flexibility index (Phi) is 4.67. The molecule has 0 radical (unpaired) electrons. The molecule has 2 rings (SSSR count). The summed E-state index contributed by atoms with van der Waals surface area (Å²) < 4.78 is 0. The molecule has 0 unspecified atom stereocenters. The highest BCUT2D eigenvalue weighted by atomic mass is 14.9. The Hall–Kier alpha value is -0.820. The SMILES string of the molecule is Cc1cc(C)cc(CC2(CNCC(C)C)CCC2)c1. The third-order valence-corrected chi connectivity index (χ3v) is 4.33. The molecule has 1 saturated carbocycles. The average molecular weight is 259 g/mol. The molecule has 0 bridgehead atoms. The van der Waals surface area contributed by atoms with E-state index in [9.17, 15) is 0 Å². The maximum absolute atomic E-state index is 3.68. The highest BCUT2D eigenvalue weighted by Gasteiger charge is 2.36. The second-order valence-electron chi connectivity index (χ2n) is 7.05. The van der Waals surface area contributed by atoms with E-state index in [1.165, 1.54) is 48.9 Å². The first-order chi connectivity index (χ1) is 8.99. The van der Waals surface area contributed by atoms with Crippen LogP contribution in [0.5, 0.6) is 0 Å². The van der Waals surface area contributed by atoms with Gasteiger partial charge < -0.3 is 5.32 Å². The number of hydrogen-bond donors (Lipinski definition) is 1. The summed E-state index contributed by atoms with van der Waals surface area (Å²) in [5.41, 5.74) is 4.87. The molecule has 1 aromatic carbocycles. The van der Waals surface area contributed by atoms with Gasteiger partial charge in [-0.1, -0.05) is 49.6 Å². The van der Waals surface area contributed by atoms with Crippen LogP contribution in [0.15, 0.2) is 18.2 Å². The van der Waals surface area contributed by atoms with Gasteiger partial charge in [-0.15, -0.1) is 0 Å². The van der Waals surface area contributed by atoms with E-state index in [0.717, 1.165) is 12.5 Å². The lowest BCUT2D eigenvalue weighted by Crippen LogP contribution is -2.42. The molecule has 1 aromatic rings. The summed E-state index contributed by atoms with van der Waals surface area (Å²) in [7, 11) is 0. The molecule has 0 aromatic heterocycles. The zero-order valence-corrected chi connectivity index (χ0v) is 13.1. The van der Waals surface area contributed by atoms with Crippen molar-refractivity contribution in [1.29, 1.82) is 0 Å². The van der Waals surface area contributed by atoms with Gasteiger partial charge in [0.15, 0.2) is 0 Å². The van der Waals surface area contributed by atoms with Gasteiger partial charge in [0.05, 0.1) is 0 Å². The van der Waals surface area contributed by atoms with Gasteiger partial charge in [-0.05, 0) is 56.6 Å². The summed E-state index contributed by atoms with van der Waals surface area (Å²) in [6.45, 7) is 11.3. The monoisotopic (exact) mass is 259 g/mol. The minimum Gasteiger partial charge on any atom is -0.316 e. The first-order valence-electron chi connectivity index (χ1n) is 7.77. The van der Waals surface area contributed by atoms with Gasteiger partial charge in [-0.25, -0.2) is 0 Å². The van der Waals surface area contributed by atoms with Crippen LogP contribution in [0.3, 0.4) is 0 Å². The van der Waals surface area contributed by atoms with Gasteiger partial charge in [0.1, 0.15) is 0 Å². The molecule has 19 heavy (non-hydrogen) atoms. The fraction of sp³-hybridized carbons (Fsp3) is 0.667. The maximum atomic E-state index is 3.68. The number of hydrogen-bond acceptors (Lipinski definition) is 1. The Morgan fingerprint density at radius 1 is 1.11 bits per heavy atom. The van der Waals surface area contributed by atoms with Crippen LogP contribution in [0, 0.1) is 25.2 Å². The van der Waals surface area contributed by atoms with Crippen LogP contribution < -0.4 is 5.32 Å². The topological polar surface area (TPSA) is 12.0 Å². The largest absolute Gasteiger partial charge is 0.316 e. The summed E-state index contributed by atoms with van der Waals surface area (Å²) in [6.07, 6.45) is 5.45. The number of benzene rings is 1. The fourth-order valence-corrected chi connectivity index (χ4v) is 3.32. The standard InChI is InChI=1S/C18H29N/c1-14(2)12-19-13-18(6-5-7-18)11-17-9-15(3)8-16(4)10-17/h8-10,14,19H,5-7,11-13H2,1-4H3. The predicted molar refractivity (Wildman–Crippen MR) is 83.6 cm³/mol. The van der Waals surface area contributed by atoms with Crippen LogP contribution in [0.25, 0.3) is 0 Å². The molecule has 1 heteroatoms. The third kappa shape index (κ3) is 4.07. The van der Waals surface area contributed by atoms with E-state index >= 15 is 0 Å². The molecule has 0 amide bonds. The van der Waals surface area contributed by atoms with Crippen LogP contribution in [0.4, 0.5) is 0 Å². The molecule has 0 aliphatic heterocycles. The minimum absolute atomic E-state index is 0.537. The van der Waals surface area contributed by atoms with E-state index in [-0.39, 0.29) is 0 Å². The van der Waals surface area contributed by atoms with Crippen molar-refractivity contribution >= 4 is 0 Å². The van der Waals surface area contributed by atoms with E-state index in [2.05, 4.69) is 51.2 Å². The van der Waals surface area contributed by atoms with Gasteiger partial charge in [0.25, 0.3) is 0 Å². The molecule has 1 aliphatic carbocycles. The lowest BCUT2D eigenvalue weighted by molar-refractivity contribution is 0.129. The molecule has 1 aliphatic rings. The Labute approximate surface area is 118 Å². The highest BCUT2D eigenvalue weighted by Crippen LogP contribution is 2.43. The van der Waals surface area contributed by atoms with Crippen LogP contribution in [0.2, 0.25) is 0 Å². The minimum atomic E-state index is 0.537. The molecule has 0 heterocycles. The van der Waals surface area contributed by atoms with Gasteiger partial charge in [-0.3, -0.25) is 0 Å². The second-order valence-corrected chi connectivity index (χ2v) is 7.05. The van der Waals surface area contributed by atoms with Crippen LogP contribution in [-0.4, -0.2) is 13.1 Å². The zero-order chi connectivity index (χ0) is 13.9. The summed E-state index contributed by atoms with van der Waals surface area (Å²) in [5, 5.41) is 3.68. The first kappa shape index (κ1) is 14.6. The molecular weight excluding hydrogens is 230 g/mol. The van der Waals surface area contributed by atoms with Gasteiger partial charge in [0, 0.05) is 6.54 Å². The Morgan fingerprint density at radius 3 is 2.21 bits per heavy atom. The molecule has 1 nitrogen and oxygen atoms in total. The lowest BCUT2D eigenvalue weighted by Gasteiger charge is -2.43. The van der Waals surface area contributed by atoms with Gasteiger partial charge >= 0.3 is 0 Å². The zero-order valence-electron chi connectivity index (χ0n) is 13.1. The Morgan fingerprint density at radius 2 is 1.74 bits per heavy atom. The predicted octanol–water partition coefficient (Wildman–Crippen LogP) is 4.26. The molecule has 0 saturated heterocycles. The molecule has 0 spiro atoms. The maximum Gasteiger partial charge on any atom is 0.00111 e. The number of aryl methyl sites for hydroxylation is 2. The van der Waals surface area contributed by atoms with Gasteiger partial charge in [0.2, 0.25) is 0 Å². The molecule has 1 N–H and O–H groups in total. The van der Waals surface area contributed by atoms with E-state index in [1.54, 1.807) is 0 Å². The smallest absolute Gasteiger partial charge is 0.00111 e. The normalized spacial score (nSPS) is 17.5. The van der Waals surface area contributed by atoms with Crippen molar-refractivity contribution in [3.8, 4) is 0 Å². The summed E-state index contributed by atoms with van der Waals surface area (Å²) >= 11 is 0. The van der Waals surface area contributed by atoms with Crippen molar-refractivity contribution in [1.82, 2.24) is 5.32 Å². The highest BCUT2D eigenvalue weighted by molar-refractivity contribution is 5.29. The van der Waals surface area contributed by atoms with Crippen molar-refractivity contribution in [2.24, 2.45) is 11.3 Å². The molecule has 1 fully saturated rings. The van der Waals surface area contributed by atoms with E-state index in [1.807, 2.05) is 0 Å². The average Bonchev–Trinajstić information content (AvgIpc) is 2.23. The Bertz CT molecular complexity index is 395. The number of nitrogens with one attached hydrogen (secondary N) is 1. The van der Waals surface area contributed by atoms with Gasteiger partial charge in [-0.2, -0.15) is 0 Å². The molecule has 0 atom stereocenters. The fourth-order valence-electron chi connectivity index (χ4n) is 3.32. The van der Waals surface area contributed by atoms with Crippen LogP contribution >= 0.6 is 0 Å². The number of rotatable bonds is 6. The van der Waals surface area contributed by atoms with Crippen molar-refractivity contribution in [3.05, 3.63) is 34.9 Å². The van der Waals surface area contributed by atoms with Crippen molar-refractivity contribution in [2.45, 2.75) is 53.4 Å². The quantitative estimate of drug-likeness (QED) is 0.805. The van der Waals surface area contributed by atoms with E-state index in [0.29, 0.717) is 5.41 Å². The lowest BCUT2D eigenvalue weighted by atomic mass is 9.65. The van der Waals surface area contributed by atoms with E-state index in [4.69, 9.17) is 0 Å². The second kappa shape index (κ2) is 6.09. The summed E-state index contributed by atoms with van der Waals surface area (Å²) in [6, 6.07) is 7.01. The van der Waals surface area contributed by atoms with Crippen LogP contribution in [0.1, 0.15) is 49.8 Å². The molecular formula is C18H29N. The first-order valence-corrected chi connectivity index (χ1v) is 7.77. The summed E-state index contributed by atoms with van der Waals surface area (Å²) in [4.78, 5) is 0. The van der Waals surface area contributed by atoms with E-state index < -0.39 is 0 Å². The van der Waals surface area contributed by atoms with Crippen molar-refractivity contribution in [3.63, 3.8) is 0 Å².